The Kier molecular flexibility index (Phi) is 7.87. The van der Waals surface area contributed by atoms with Crippen LogP contribution in [0.4, 0.5) is 13.2 Å². The van der Waals surface area contributed by atoms with Gasteiger partial charge in [0.25, 0.3) is 0 Å². The van der Waals surface area contributed by atoms with Crippen LogP contribution in [0.15, 0.2) is 0 Å². The third-order valence-corrected chi connectivity index (χ3v) is 3.23. The summed E-state index contributed by atoms with van der Waals surface area (Å²) >= 11 is 0. The van der Waals surface area contributed by atoms with Gasteiger partial charge in [-0.25, -0.2) is 0 Å². The van der Waals surface area contributed by atoms with E-state index in [4.69, 9.17) is 5.73 Å². The van der Waals surface area contributed by atoms with E-state index in [1.54, 1.807) is 0 Å². The highest BCUT2D eigenvalue weighted by Crippen LogP contribution is 2.31. The molecule has 1 unspecified atom stereocenters. The Morgan fingerprint density at radius 1 is 1.06 bits per heavy atom. The summed E-state index contributed by atoms with van der Waals surface area (Å²) in [6, 6.07) is 0. The first kappa shape index (κ1) is 17.7. The van der Waals surface area contributed by atoms with Crippen LogP contribution in [0, 0.1) is 11.3 Å². The Hall–Kier alpha value is -0.290. The number of hydrogen-bond acceptors (Lipinski definition) is 2. The van der Waals surface area contributed by atoms with Gasteiger partial charge in [-0.2, -0.15) is 13.2 Å². The summed E-state index contributed by atoms with van der Waals surface area (Å²) in [6.07, 6.45) is -1.91. The van der Waals surface area contributed by atoms with E-state index in [-0.39, 0.29) is 12.0 Å². The Morgan fingerprint density at radius 2 is 1.67 bits per heavy atom. The largest absolute Gasteiger partial charge is 0.390 e. The van der Waals surface area contributed by atoms with Gasteiger partial charge in [0.2, 0.25) is 0 Å². The summed E-state index contributed by atoms with van der Waals surface area (Å²) in [4.78, 5) is 0. The molecule has 0 saturated heterocycles. The average Bonchev–Trinajstić information content (AvgIpc) is 2.18. The minimum Gasteiger partial charge on any atom is -0.330 e. The van der Waals surface area contributed by atoms with E-state index in [0.717, 1.165) is 19.3 Å². The fourth-order valence-electron chi connectivity index (χ4n) is 2.04. The lowest BCUT2D eigenvalue weighted by Crippen LogP contribution is -2.26. The molecule has 1 atom stereocenters. The number of hydrogen-bond donors (Lipinski definition) is 2. The molecular weight excluding hydrogens is 241 g/mol. The van der Waals surface area contributed by atoms with Gasteiger partial charge in [0.1, 0.15) is 0 Å². The van der Waals surface area contributed by atoms with E-state index in [2.05, 4.69) is 26.1 Å². The maximum Gasteiger partial charge on any atom is 0.390 e. The SMILES string of the molecule is CC(C)(C)C(CCN)CCCNCCC(F)(F)F. The first-order valence-electron chi connectivity index (χ1n) is 6.64. The lowest BCUT2D eigenvalue weighted by Gasteiger charge is -2.30. The van der Waals surface area contributed by atoms with E-state index in [1.807, 2.05) is 0 Å². The van der Waals surface area contributed by atoms with Crippen LogP contribution in [0.2, 0.25) is 0 Å². The zero-order valence-electron chi connectivity index (χ0n) is 11.7. The smallest absolute Gasteiger partial charge is 0.330 e. The van der Waals surface area contributed by atoms with E-state index >= 15 is 0 Å². The average molecular weight is 268 g/mol. The Bertz CT molecular complexity index is 209. The van der Waals surface area contributed by atoms with Crippen molar-refractivity contribution in [3.63, 3.8) is 0 Å². The van der Waals surface area contributed by atoms with Gasteiger partial charge in [0.15, 0.2) is 0 Å². The maximum atomic E-state index is 11.9. The fourth-order valence-corrected chi connectivity index (χ4v) is 2.04. The number of nitrogens with one attached hydrogen (secondary N) is 1. The quantitative estimate of drug-likeness (QED) is 0.663. The molecule has 0 spiro atoms. The summed E-state index contributed by atoms with van der Waals surface area (Å²) in [5.74, 6) is 0.534. The highest BCUT2D eigenvalue weighted by molar-refractivity contribution is 4.74. The molecule has 0 amide bonds. The van der Waals surface area contributed by atoms with Crippen molar-refractivity contribution in [2.45, 2.75) is 52.6 Å². The number of halogens is 3. The molecule has 0 aliphatic rings. The van der Waals surface area contributed by atoms with Crippen molar-refractivity contribution >= 4 is 0 Å². The molecule has 0 aromatic rings. The van der Waals surface area contributed by atoms with Crippen LogP contribution >= 0.6 is 0 Å². The molecule has 0 aromatic carbocycles. The standard InChI is InChI=1S/C13H27F3N2/c1-12(2,3)11(6-8-17)5-4-9-18-10-7-13(14,15)16/h11,18H,4-10,17H2,1-3H3. The Balaban J connectivity index is 3.68. The topological polar surface area (TPSA) is 38.0 Å². The second-order valence-electron chi connectivity index (χ2n) is 5.90. The highest BCUT2D eigenvalue weighted by Gasteiger charge is 2.26. The van der Waals surface area contributed by atoms with Crippen molar-refractivity contribution in [1.29, 1.82) is 0 Å². The summed E-state index contributed by atoms with van der Waals surface area (Å²) in [5.41, 5.74) is 5.80. The van der Waals surface area contributed by atoms with Crippen LogP contribution in [0.1, 0.15) is 46.5 Å². The minimum atomic E-state index is -4.06. The third kappa shape index (κ3) is 9.71. The van der Waals surface area contributed by atoms with Gasteiger partial charge in [-0.3, -0.25) is 0 Å². The van der Waals surface area contributed by atoms with Crippen molar-refractivity contribution < 1.29 is 13.2 Å². The normalized spacial score (nSPS) is 14.8. The van der Waals surface area contributed by atoms with E-state index in [0.29, 0.717) is 19.0 Å². The van der Waals surface area contributed by atoms with Gasteiger partial charge in [-0.1, -0.05) is 20.8 Å². The highest BCUT2D eigenvalue weighted by atomic mass is 19.4. The van der Waals surface area contributed by atoms with Crippen LogP contribution in [0.25, 0.3) is 0 Å². The molecule has 0 rings (SSSR count). The van der Waals surface area contributed by atoms with Crippen molar-refractivity contribution in [3.8, 4) is 0 Å². The van der Waals surface area contributed by atoms with Crippen LogP contribution in [0.3, 0.4) is 0 Å². The molecular formula is C13H27F3N2. The zero-order chi connectivity index (χ0) is 14.2. The molecule has 0 aliphatic heterocycles. The first-order valence-corrected chi connectivity index (χ1v) is 6.64. The van der Waals surface area contributed by atoms with E-state index in [1.165, 1.54) is 0 Å². The summed E-state index contributed by atoms with van der Waals surface area (Å²) in [5, 5.41) is 2.84. The predicted octanol–water partition coefficient (Wildman–Crippen LogP) is 3.32. The van der Waals surface area contributed by atoms with Gasteiger partial charge < -0.3 is 11.1 Å². The summed E-state index contributed by atoms with van der Waals surface area (Å²) < 4.78 is 35.7. The van der Waals surface area contributed by atoms with Gasteiger partial charge in [-0.15, -0.1) is 0 Å². The van der Waals surface area contributed by atoms with Crippen molar-refractivity contribution in [2.24, 2.45) is 17.1 Å². The maximum absolute atomic E-state index is 11.9. The fraction of sp³-hybridized carbons (Fsp3) is 1.00. The molecule has 0 heterocycles. The monoisotopic (exact) mass is 268 g/mol. The molecule has 0 radical (unpaired) electrons. The van der Waals surface area contributed by atoms with Crippen LogP contribution in [-0.4, -0.2) is 25.8 Å². The molecule has 0 aliphatic carbocycles. The molecule has 3 N–H and O–H groups in total. The van der Waals surface area contributed by atoms with Crippen molar-refractivity contribution in [2.75, 3.05) is 19.6 Å². The van der Waals surface area contributed by atoms with E-state index < -0.39 is 12.6 Å². The number of rotatable bonds is 8. The Labute approximate surface area is 109 Å². The molecule has 18 heavy (non-hydrogen) atoms. The van der Waals surface area contributed by atoms with Crippen LogP contribution in [-0.2, 0) is 0 Å². The molecule has 0 aromatic heterocycles. The molecule has 5 heteroatoms. The van der Waals surface area contributed by atoms with Gasteiger partial charge in [-0.05, 0) is 43.7 Å². The second kappa shape index (κ2) is 8.00. The second-order valence-corrected chi connectivity index (χ2v) is 5.90. The van der Waals surface area contributed by atoms with Gasteiger partial charge >= 0.3 is 6.18 Å². The van der Waals surface area contributed by atoms with Gasteiger partial charge in [0, 0.05) is 6.54 Å². The first-order chi connectivity index (χ1) is 8.17. The zero-order valence-corrected chi connectivity index (χ0v) is 11.7. The molecule has 110 valence electrons. The van der Waals surface area contributed by atoms with Crippen LogP contribution < -0.4 is 11.1 Å². The number of nitrogens with two attached hydrogens (primary N) is 1. The summed E-state index contributed by atoms with van der Waals surface area (Å²) in [6.45, 7) is 7.89. The minimum absolute atomic E-state index is 0.0145. The predicted molar refractivity (Wildman–Crippen MR) is 69.4 cm³/mol. The van der Waals surface area contributed by atoms with E-state index in [9.17, 15) is 13.2 Å². The molecule has 0 saturated carbocycles. The molecule has 0 fully saturated rings. The van der Waals surface area contributed by atoms with Crippen molar-refractivity contribution in [3.05, 3.63) is 0 Å². The lowest BCUT2D eigenvalue weighted by atomic mass is 9.76. The molecule has 2 nitrogen and oxygen atoms in total. The van der Waals surface area contributed by atoms with Crippen LogP contribution in [0.5, 0.6) is 0 Å². The Morgan fingerprint density at radius 3 is 2.11 bits per heavy atom. The molecule has 0 bridgehead atoms. The number of alkyl halides is 3. The van der Waals surface area contributed by atoms with Crippen molar-refractivity contribution in [1.82, 2.24) is 5.32 Å². The lowest BCUT2D eigenvalue weighted by molar-refractivity contribution is -0.133. The summed E-state index contributed by atoms with van der Waals surface area (Å²) in [7, 11) is 0. The third-order valence-electron chi connectivity index (χ3n) is 3.23. The van der Waals surface area contributed by atoms with Gasteiger partial charge in [0.05, 0.1) is 6.42 Å².